The van der Waals surface area contributed by atoms with Gasteiger partial charge in [-0.05, 0) is 24.6 Å². The number of rotatable bonds is 4. The highest BCUT2D eigenvalue weighted by molar-refractivity contribution is 9.10. The van der Waals surface area contributed by atoms with Crippen LogP contribution >= 0.6 is 15.9 Å². The molecule has 0 saturated heterocycles. The number of nitrogens with one attached hydrogen (secondary N) is 2. The van der Waals surface area contributed by atoms with Crippen LogP contribution in [0.3, 0.4) is 0 Å². The van der Waals surface area contributed by atoms with E-state index in [0.717, 1.165) is 25.6 Å². The van der Waals surface area contributed by atoms with Crippen LogP contribution in [0.1, 0.15) is 12.0 Å². The van der Waals surface area contributed by atoms with Gasteiger partial charge >= 0.3 is 6.18 Å². The van der Waals surface area contributed by atoms with Crippen molar-refractivity contribution in [3.05, 3.63) is 28.2 Å². The first-order valence-corrected chi connectivity index (χ1v) is 7.28. The lowest BCUT2D eigenvalue weighted by atomic mass is 10.2. The van der Waals surface area contributed by atoms with E-state index in [-0.39, 0.29) is 12.4 Å². The van der Waals surface area contributed by atoms with E-state index >= 15 is 0 Å². The van der Waals surface area contributed by atoms with Crippen molar-refractivity contribution in [2.24, 2.45) is 4.99 Å². The minimum absolute atomic E-state index is 0.116. The number of hydrogen-bond donors (Lipinski definition) is 2. The summed E-state index contributed by atoms with van der Waals surface area (Å²) in [4.78, 5) is 4.20. The lowest BCUT2D eigenvalue weighted by Crippen LogP contribution is -2.42. The van der Waals surface area contributed by atoms with Crippen molar-refractivity contribution in [1.29, 1.82) is 0 Å². The van der Waals surface area contributed by atoms with E-state index in [1.807, 2.05) is 0 Å². The molecule has 0 atom stereocenters. The fourth-order valence-electron chi connectivity index (χ4n) is 1.83. The SMILES string of the molecule is FC(F)(F)c1cc(Br)ccc1OCCNC1=NCCCN1. The monoisotopic (exact) mass is 365 g/mol. The molecule has 0 aliphatic carbocycles. The molecule has 2 N–H and O–H groups in total. The van der Waals surface area contributed by atoms with Gasteiger partial charge < -0.3 is 15.4 Å². The summed E-state index contributed by atoms with van der Waals surface area (Å²) in [6.07, 6.45) is -3.46. The molecule has 0 bridgehead atoms. The largest absolute Gasteiger partial charge is 0.491 e. The second-order valence-corrected chi connectivity index (χ2v) is 5.34. The Balaban J connectivity index is 1.89. The van der Waals surface area contributed by atoms with Gasteiger partial charge in [0, 0.05) is 17.6 Å². The molecule has 2 rings (SSSR count). The zero-order chi connectivity index (χ0) is 15.3. The molecule has 1 aliphatic rings. The van der Waals surface area contributed by atoms with Gasteiger partial charge in [-0.3, -0.25) is 4.99 Å². The molecular weight excluding hydrogens is 351 g/mol. The zero-order valence-corrected chi connectivity index (χ0v) is 12.7. The molecule has 0 spiro atoms. The molecule has 0 saturated carbocycles. The Morgan fingerprint density at radius 2 is 2.19 bits per heavy atom. The van der Waals surface area contributed by atoms with Crippen molar-refractivity contribution in [1.82, 2.24) is 10.6 Å². The van der Waals surface area contributed by atoms with Crippen molar-refractivity contribution in [3.8, 4) is 5.75 Å². The van der Waals surface area contributed by atoms with E-state index in [0.29, 0.717) is 17.0 Å². The van der Waals surface area contributed by atoms with Crippen LogP contribution in [0.25, 0.3) is 0 Å². The molecule has 1 heterocycles. The summed E-state index contributed by atoms with van der Waals surface area (Å²) in [6, 6.07) is 3.84. The van der Waals surface area contributed by atoms with Gasteiger partial charge in [-0.1, -0.05) is 15.9 Å². The van der Waals surface area contributed by atoms with Crippen molar-refractivity contribution in [3.63, 3.8) is 0 Å². The predicted octanol–water partition coefficient (Wildman–Crippen LogP) is 2.79. The van der Waals surface area contributed by atoms with Crippen LogP contribution in [-0.4, -0.2) is 32.2 Å². The molecule has 1 aliphatic heterocycles. The lowest BCUT2D eigenvalue weighted by molar-refractivity contribution is -0.139. The van der Waals surface area contributed by atoms with Crippen molar-refractivity contribution >= 4 is 21.9 Å². The Kier molecular flexibility index (Phi) is 5.33. The summed E-state index contributed by atoms with van der Waals surface area (Å²) < 4.78 is 44.2. The Morgan fingerprint density at radius 1 is 1.38 bits per heavy atom. The van der Waals surface area contributed by atoms with Crippen LogP contribution < -0.4 is 15.4 Å². The first-order valence-electron chi connectivity index (χ1n) is 6.48. The van der Waals surface area contributed by atoms with Crippen LogP contribution in [0, 0.1) is 0 Å². The summed E-state index contributed by atoms with van der Waals surface area (Å²) in [7, 11) is 0. The van der Waals surface area contributed by atoms with Gasteiger partial charge in [-0.2, -0.15) is 13.2 Å². The van der Waals surface area contributed by atoms with E-state index < -0.39 is 11.7 Å². The molecule has 0 fully saturated rings. The van der Waals surface area contributed by atoms with Crippen LogP contribution in [0.5, 0.6) is 5.75 Å². The number of ether oxygens (including phenoxy) is 1. The van der Waals surface area contributed by atoms with Crippen molar-refractivity contribution < 1.29 is 17.9 Å². The van der Waals surface area contributed by atoms with E-state index in [2.05, 4.69) is 31.6 Å². The first kappa shape index (κ1) is 15.9. The fourth-order valence-corrected chi connectivity index (χ4v) is 2.19. The maximum atomic E-state index is 12.9. The van der Waals surface area contributed by atoms with Gasteiger partial charge in [0.25, 0.3) is 0 Å². The number of benzene rings is 1. The number of guanidine groups is 1. The molecule has 8 heteroatoms. The minimum atomic E-state index is -4.44. The molecule has 116 valence electrons. The second kappa shape index (κ2) is 7.02. The number of hydrogen-bond acceptors (Lipinski definition) is 4. The molecule has 1 aromatic rings. The molecule has 4 nitrogen and oxygen atoms in total. The molecule has 21 heavy (non-hydrogen) atoms. The first-order chi connectivity index (χ1) is 9.97. The number of halogens is 4. The van der Waals surface area contributed by atoms with Crippen molar-refractivity contribution in [2.45, 2.75) is 12.6 Å². The topological polar surface area (TPSA) is 45.6 Å². The van der Waals surface area contributed by atoms with Crippen LogP contribution in [0.15, 0.2) is 27.7 Å². The van der Waals surface area contributed by atoms with Crippen LogP contribution in [-0.2, 0) is 6.18 Å². The summed E-state index contributed by atoms with van der Waals surface area (Å²) in [5.41, 5.74) is -0.787. The Labute approximate surface area is 128 Å². The maximum Gasteiger partial charge on any atom is 0.420 e. The van der Waals surface area contributed by atoms with Gasteiger partial charge in [0.1, 0.15) is 12.4 Å². The van der Waals surface area contributed by atoms with Gasteiger partial charge in [0.2, 0.25) is 0 Å². The highest BCUT2D eigenvalue weighted by atomic mass is 79.9. The average molecular weight is 366 g/mol. The third-order valence-corrected chi connectivity index (χ3v) is 3.29. The molecule has 0 amide bonds. The summed E-state index contributed by atoms with van der Waals surface area (Å²) >= 11 is 3.03. The summed E-state index contributed by atoms with van der Waals surface area (Å²) in [5.74, 6) is 0.489. The molecule has 0 radical (unpaired) electrons. The number of aliphatic imine (C=N–C) groups is 1. The Morgan fingerprint density at radius 3 is 2.86 bits per heavy atom. The minimum Gasteiger partial charge on any atom is -0.491 e. The highest BCUT2D eigenvalue weighted by Gasteiger charge is 2.34. The van der Waals surface area contributed by atoms with E-state index in [4.69, 9.17) is 4.74 Å². The molecule has 0 aromatic heterocycles. The van der Waals surface area contributed by atoms with Crippen LogP contribution in [0.2, 0.25) is 0 Å². The fraction of sp³-hybridized carbons (Fsp3) is 0.462. The van der Waals surface area contributed by atoms with E-state index in [1.54, 1.807) is 0 Å². The normalized spacial score (nSPS) is 15.1. The van der Waals surface area contributed by atoms with Gasteiger partial charge in [-0.25, -0.2) is 0 Å². The van der Waals surface area contributed by atoms with E-state index in [1.165, 1.54) is 12.1 Å². The van der Waals surface area contributed by atoms with Gasteiger partial charge in [0.15, 0.2) is 5.96 Å². The highest BCUT2D eigenvalue weighted by Crippen LogP contribution is 2.37. The Bertz CT molecular complexity index is 520. The van der Waals surface area contributed by atoms with Gasteiger partial charge in [-0.15, -0.1) is 0 Å². The Hall–Kier alpha value is -1.44. The third-order valence-electron chi connectivity index (χ3n) is 2.80. The van der Waals surface area contributed by atoms with Gasteiger partial charge in [0.05, 0.1) is 12.1 Å². The summed E-state index contributed by atoms with van der Waals surface area (Å²) in [5, 5.41) is 6.04. The average Bonchev–Trinajstić information content (AvgIpc) is 2.45. The number of nitrogens with zero attached hydrogens (tertiary/aromatic N) is 1. The molecular formula is C13H15BrF3N3O. The smallest absolute Gasteiger partial charge is 0.420 e. The molecule has 1 aromatic carbocycles. The van der Waals surface area contributed by atoms with E-state index in [9.17, 15) is 13.2 Å². The van der Waals surface area contributed by atoms with Crippen molar-refractivity contribution in [2.75, 3.05) is 26.2 Å². The summed E-state index contributed by atoms with van der Waals surface area (Å²) in [6.45, 7) is 2.09. The van der Waals surface area contributed by atoms with Crippen LogP contribution in [0.4, 0.5) is 13.2 Å². The predicted molar refractivity (Wildman–Crippen MR) is 77.6 cm³/mol. The standard InChI is InChI=1S/C13H15BrF3N3O/c14-9-2-3-11(10(8-9)13(15,16)17)21-7-6-20-12-18-4-1-5-19-12/h2-3,8H,1,4-7H2,(H2,18,19,20). The quantitative estimate of drug-likeness (QED) is 0.806. The second-order valence-electron chi connectivity index (χ2n) is 4.42. The maximum absolute atomic E-state index is 12.9. The zero-order valence-electron chi connectivity index (χ0n) is 11.1. The number of alkyl halides is 3. The third kappa shape index (κ3) is 4.80. The molecule has 0 unspecified atom stereocenters. The lowest BCUT2D eigenvalue weighted by Gasteiger charge is -2.17.